The lowest BCUT2D eigenvalue weighted by Gasteiger charge is -2.16. The number of nitrogens with two attached hydrogens (primary N) is 1. The van der Waals surface area contributed by atoms with Crippen molar-refractivity contribution in [2.24, 2.45) is 5.73 Å². The number of carbonyl (C=O) groups is 3. The molecule has 3 rings (SSSR count). The molecule has 0 bridgehead atoms. The minimum absolute atomic E-state index is 0.136. The Morgan fingerprint density at radius 3 is 2.26 bits per heavy atom. The number of Topliss-reactive ketones (excluding diaryl/α,β-unsaturated/α-hetero) is 1. The Hall–Kier alpha value is -3.81. The number of hydrogen-bond donors (Lipinski definition) is 2. The first-order valence-electron chi connectivity index (χ1n) is 8.21. The molecule has 3 aromatic rings. The molecule has 3 N–H and O–H groups in total. The van der Waals surface area contributed by atoms with Crippen LogP contribution in [-0.2, 0) is 16.0 Å². The second kappa shape index (κ2) is 8.05. The largest absolute Gasteiger partial charge is 0.363 e. The molecule has 0 fully saturated rings. The predicted molar refractivity (Wildman–Crippen MR) is 97.0 cm³/mol. The molecule has 1 atom stereocenters. The molecule has 0 aliphatic carbocycles. The lowest BCUT2D eigenvalue weighted by Crippen LogP contribution is -2.47. The van der Waals surface area contributed by atoms with Crippen molar-refractivity contribution in [3.05, 3.63) is 78.1 Å². The van der Waals surface area contributed by atoms with Gasteiger partial charge in [-0.3, -0.25) is 14.4 Å². The maximum absolute atomic E-state index is 12.7. The molecule has 0 spiro atoms. The van der Waals surface area contributed by atoms with E-state index in [1.54, 1.807) is 48.5 Å². The third-order valence-corrected chi connectivity index (χ3v) is 3.93. The van der Waals surface area contributed by atoms with Gasteiger partial charge in [-0.15, -0.1) is 5.10 Å². The number of para-hydroxylation sites is 1. The quantitative estimate of drug-likeness (QED) is 0.598. The van der Waals surface area contributed by atoms with Crippen molar-refractivity contribution < 1.29 is 14.4 Å². The first-order valence-corrected chi connectivity index (χ1v) is 8.21. The third kappa shape index (κ3) is 4.24. The first-order chi connectivity index (χ1) is 13.1. The maximum atomic E-state index is 12.7. The number of benzene rings is 2. The zero-order valence-electron chi connectivity index (χ0n) is 14.3. The minimum Gasteiger partial charge on any atom is -0.363 e. The number of rotatable bonds is 7. The lowest BCUT2D eigenvalue weighted by atomic mass is 10.0. The fraction of sp³-hybridized carbons (Fsp3) is 0.105. The van der Waals surface area contributed by atoms with E-state index in [4.69, 9.17) is 5.73 Å². The average molecular weight is 363 g/mol. The molecular formula is C19H17N5O3. The van der Waals surface area contributed by atoms with Crippen LogP contribution < -0.4 is 11.1 Å². The van der Waals surface area contributed by atoms with Crippen LogP contribution in [0.5, 0.6) is 0 Å². The molecule has 136 valence electrons. The standard InChI is InChI=1S/C19H17N5O3/c20-18(26)17(25)15(11-13-7-3-1-4-8-13)22-19(27)16-12-21-23-24(16)14-9-5-2-6-10-14/h1-10,12,15H,11H2,(H2,20,26)(H,22,27). The molecule has 1 heterocycles. The highest BCUT2D eigenvalue weighted by atomic mass is 16.2. The summed E-state index contributed by atoms with van der Waals surface area (Å²) < 4.78 is 1.35. The number of amides is 2. The highest BCUT2D eigenvalue weighted by Crippen LogP contribution is 2.10. The number of primary amides is 1. The van der Waals surface area contributed by atoms with E-state index in [0.717, 1.165) is 5.56 Å². The van der Waals surface area contributed by atoms with Gasteiger partial charge in [0.2, 0.25) is 5.78 Å². The van der Waals surface area contributed by atoms with Crippen molar-refractivity contribution in [1.82, 2.24) is 20.3 Å². The van der Waals surface area contributed by atoms with Crippen LogP contribution in [0.25, 0.3) is 5.69 Å². The lowest BCUT2D eigenvalue weighted by molar-refractivity contribution is -0.137. The molecule has 0 radical (unpaired) electrons. The Bertz CT molecular complexity index is 954. The van der Waals surface area contributed by atoms with E-state index in [2.05, 4.69) is 15.6 Å². The summed E-state index contributed by atoms with van der Waals surface area (Å²) in [5, 5.41) is 10.2. The zero-order chi connectivity index (χ0) is 19.2. The van der Waals surface area contributed by atoms with Gasteiger partial charge in [-0.05, 0) is 17.7 Å². The van der Waals surface area contributed by atoms with Crippen molar-refractivity contribution in [2.75, 3.05) is 0 Å². The van der Waals surface area contributed by atoms with Crippen molar-refractivity contribution in [3.8, 4) is 5.69 Å². The zero-order valence-corrected chi connectivity index (χ0v) is 14.3. The number of aromatic nitrogens is 3. The van der Waals surface area contributed by atoms with Gasteiger partial charge in [-0.1, -0.05) is 53.7 Å². The number of hydrogen-bond acceptors (Lipinski definition) is 5. The predicted octanol–water partition coefficient (Wildman–Crippen LogP) is 0.663. The smallest absolute Gasteiger partial charge is 0.287 e. The van der Waals surface area contributed by atoms with Crippen LogP contribution in [0.15, 0.2) is 66.9 Å². The molecule has 0 saturated heterocycles. The van der Waals surface area contributed by atoms with E-state index in [1.807, 2.05) is 12.1 Å². The monoisotopic (exact) mass is 363 g/mol. The fourth-order valence-corrected chi connectivity index (χ4v) is 2.61. The first kappa shape index (κ1) is 18.0. The van der Waals surface area contributed by atoms with Crippen LogP contribution in [0.3, 0.4) is 0 Å². The molecule has 2 aromatic carbocycles. The van der Waals surface area contributed by atoms with Gasteiger partial charge in [-0.25, -0.2) is 4.68 Å². The molecule has 8 nitrogen and oxygen atoms in total. The van der Waals surface area contributed by atoms with E-state index in [1.165, 1.54) is 10.9 Å². The summed E-state index contributed by atoms with van der Waals surface area (Å²) in [6, 6.07) is 16.9. The second-order valence-electron chi connectivity index (χ2n) is 5.81. The number of nitrogens with one attached hydrogen (secondary N) is 1. The van der Waals surface area contributed by atoms with E-state index < -0.39 is 23.6 Å². The summed E-state index contributed by atoms with van der Waals surface area (Å²) in [7, 11) is 0. The normalized spacial score (nSPS) is 11.6. The molecule has 1 aromatic heterocycles. The van der Waals surface area contributed by atoms with Crippen molar-refractivity contribution in [3.63, 3.8) is 0 Å². The van der Waals surface area contributed by atoms with Gasteiger partial charge in [0, 0.05) is 6.42 Å². The number of ketones is 1. The second-order valence-corrected chi connectivity index (χ2v) is 5.81. The van der Waals surface area contributed by atoms with E-state index in [0.29, 0.717) is 5.69 Å². The SMILES string of the molecule is NC(=O)C(=O)C(Cc1ccccc1)NC(=O)c1cnnn1-c1ccccc1. The van der Waals surface area contributed by atoms with E-state index >= 15 is 0 Å². The Labute approximate surface area is 155 Å². The van der Waals surface area contributed by atoms with Crippen molar-refractivity contribution in [1.29, 1.82) is 0 Å². The van der Waals surface area contributed by atoms with Crippen LogP contribution >= 0.6 is 0 Å². The van der Waals surface area contributed by atoms with Gasteiger partial charge in [-0.2, -0.15) is 0 Å². The summed E-state index contributed by atoms with van der Waals surface area (Å²) in [6.45, 7) is 0. The van der Waals surface area contributed by atoms with Crippen LogP contribution in [0.4, 0.5) is 0 Å². The topological polar surface area (TPSA) is 120 Å². The Balaban J connectivity index is 1.84. The van der Waals surface area contributed by atoms with Gasteiger partial charge in [0.1, 0.15) is 6.04 Å². The summed E-state index contributed by atoms with van der Waals surface area (Å²) in [5.74, 6) is -2.56. The van der Waals surface area contributed by atoms with Gasteiger partial charge in [0.25, 0.3) is 11.8 Å². The molecule has 2 amide bonds. The van der Waals surface area contributed by atoms with Gasteiger partial charge >= 0.3 is 0 Å². The molecule has 1 unspecified atom stereocenters. The van der Waals surface area contributed by atoms with E-state index in [9.17, 15) is 14.4 Å². The summed E-state index contributed by atoms with van der Waals surface area (Å²) in [5.41, 5.74) is 6.70. The summed E-state index contributed by atoms with van der Waals surface area (Å²) in [4.78, 5) is 36.3. The molecule has 0 saturated carbocycles. The number of carbonyl (C=O) groups excluding carboxylic acids is 3. The third-order valence-electron chi connectivity index (χ3n) is 3.93. The Kier molecular flexibility index (Phi) is 5.36. The summed E-state index contributed by atoms with van der Waals surface area (Å²) in [6.07, 6.45) is 1.43. The fourth-order valence-electron chi connectivity index (χ4n) is 2.61. The molecule has 8 heteroatoms. The average Bonchev–Trinajstić information content (AvgIpc) is 3.18. The van der Waals surface area contributed by atoms with Crippen LogP contribution in [0.2, 0.25) is 0 Å². The van der Waals surface area contributed by atoms with Crippen LogP contribution in [-0.4, -0.2) is 38.6 Å². The van der Waals surface area contributed by atoms with Gasteiger partial charge < -0.3 is 11.1 Å². The maximum Gasteiger partial charge on any atom is 0.287 e. The molecular weight excluding hydrogens is 346 g/mol. The van der Waals surface area contributed by atoms with Crippen LogP contribution in [0, 0.1) is 0 Å². The van der Waals surface area contributed by atoms with Gasteiger partial charge in [0.15, 0.2) is 5.69 Å². The van der Waals surface area contributed by atoms with Crippen LogP contribution in [0.1, 0.15) is 16.1 Å². The number of nitrogens with zero attached hydrogens (tertiary/aromatic N) is 3. The Morgan fingerprint density at radius 2 is 1.63 bits per heavy atom. The van der Waals surface area contributed by atoms with Gasteiger partial charge in [0.05, 0.1) is 11.9 Å². The van der Waals surface area contributed by atoms with Crippen molar-refractivity contribution in [2.45, 2.75) is 12.5 Å². The highest BCUT2D eigenvalue weighted by Gasteiger charge is 2.27. The Morgan fingerprint density at radius 1 is 1.00 bits per heavy atom. The molecule has 27 heavy (non-hydrogen) atoms. The molecule has 0 aliphatic heterocycles. The molecule has 0 aliphatic rings. The highest BCUT2D eigenvalue weighted by molar-refractivity contribution is 6.38. The summed E-state index contributed by atoms with van der Waals surface area (Å²) >= 11 is 0. The minimum atomic E-state index is -1.11. The van der Waals surface area contributed by atoms with E-state index in [-0.39, 0.29) is 12.1 Å². The van der Waals surface area contributed by atoms with Crippen molar-refractivity contribution >= 4 is 17.6 Å².